The number of likely N-dealkylation sites (tertiary alicyclic amines) is 1. The van der Waals surface area contributed by atoms with Crippen molar-refractivity contribution in [3.63, 3.8) is 0 Å². The van der Waals surface area contributed by atoms with Crippen LogP contribution in [-0.4, -0.2) is 82.3 Å². The Hall–Kier alpha value is -2.53. The number of amides is 1. The van der Waals surface area contributed by atoms with Crippen LogP contribution in [0.2, 0.25) is 0 Å². The fourth-order valence-electron chi connectivity index (χ4n) is 6.43. The van der Waals surface area contributed by atoms with Crippen molar-refractivity contribution in [2.45, 2.75) is 88.6 Å². The average Bonchev–Trinajstić information content (AvgIpc) is 3.56. The molecule has 7 rings (SSSR count). The summed E-state index contributed by atoms with van der Waals surface area (Å²) in [6, 6.07) is 0.140. The number of rotatable bonds is 3. The molecule has 2 aromatic rings. The summed E-state index contributed by atoms with van der Waals surface area (Å²) < 4.78 is 24.7. The van der Waals surface area contributed by atoms with Gasteiger partial charge in [-0.15, -0.1) is 0 Å². The molecule has 4 fully saturated rings. The van der Waals surface area contributed by atoms with Crippen LogP contribution in [0.4, 0.5) is 10.6 Å². The maximum absolute atomic E-state index is 13.1. The van der Waals surface area contributed by atoms with Crippen molar-refractivity contribution >= 4 is 38.7 Å². The molecule has 4 aliphatic heterocycles. The molecule has 5 aliphatic rings. The van der Waals surface area contributed by atoms with E-state index in [0.29, 0.717) is 42.3 Å². The number of hydrogen-bond donors (Lipinski definition) is 1. The molecule has 1 N–H and O–H groups in total. The largest absolute Gasteiger partial charge is 0.505 e. The number of phenolic OH excluding ortho intramolecular Hbond substituents is 1. The summed E-state index contributed by atoms with van der Waals surface area (Å²) in [6.45, 7) is 7.89. The number of benzene rings is 1. The van der Waals surface area contributed by atoms with E-state index in [2.05, 4.69) is 20.8 Å². The van der Waals surface area contributed by atoms with E-state index in [1.54, 1.807) is 0 Å². The maximum atomic E-state index is 13.1. The summed E-state index contributed by atoms with van der Waals surface area (Å²) in [5.74, 6) is 1.87. The molecular weight excluding hydrogens is 556 g/mol. The van der Waals surface area contributed by atoms with Gasteiger partial charge < -0.3 is 33.9 Å². The smallest absolute Gasteiger partial charge is 0.410 e. The van der Waals surface area contributed by atoms with Crippen LogP contribution in [0.1, 0.15) is 64.4 Å². The van der Waals surface area contributed by atoms with E-state index in [-0.39, 0.29) is 42.1 Å². The predicted molar refractivity (Wildman–Crippen MR) is 142 cm³/mol. The number of piperazine rings is 1. The van der Waals surface area contributed by atoms with Crippen LogP contribution in [0.25, 0.3) is 10.9 Å². The summed E-state index contributed by atoms with van der Waals surface area (Å²) in [5.41, 5.74) is 0.846. The molecule has 0 radical (unpaired) electrons. The Bertz CT molecular complexity index is 1310. The second kappa shape index (κ2) is 8.74. The molecular formula is C27H33BrN4O6. The van der Waals surface area contributed by atoms with E-state index < -0.39 is 5.60 Å². The van der Waals surface area contributed by atoms with Gasteiger partial charge in [-0.05, 0) is 61.9 Å². The maximum Gasteiger partial charge on any atom is 0.410 e. The molecule has 0 spiro atoms. The van der Waals surface area contributed by atoms with Crippen molar-refractivity contribution in [3.05, 3.63) is 10.0 Å². The average molecular weight is 589 g/mol. The Morgan fingerprint density at radius 1 is 1.13 bits per heavy atom. The number of halogens is 1. The molecule has 1 saturated carbocycles. The van der Waals surface area contributed by atoms with Gasteiger partial charge in [-0.3, -0.25) is 0 Å². The standard InChI is InChI=1S/C27H33BrN4O6/c1-27(2,3)38-26(34)31-11-14-10-16(31)17-12-36-23-18(13-4-5-13)20(28)22(33)21-19(23)24(32(14)17)30-25(29-21)37-15-6-8-35-9-7-15/h13-17,33H,4-12H2,1-3H3. The lowest BCUT2D eigenvalue weighted by molar-refractivity contribution is 0.0165. The number of fused-ring (bicyclic) bond motifs is 6. The van der Waals surface area contributed by atoms with Crippen molar-refractivity contribution < 1.29 is 28.8 Å². The monoisotopic (exact) mass is 588 g/mol. The summed E-state index contributed by atoms with van der Waals surface area (Å²) >= 11 is 3.65. The van der Waals surface area contributed by atoms with Crippen LogP contribution in [0.15, 0.2) is 4.47 Å². The first-order valence-corrected chi connectivity index (χ1v) is 14.4. The lowest BCUT2D eigenvalue weighted by Gasteiger charge is -2.40. The Labute approximate surface area is 229 Å². The van der Waals surface area contributed by atoms with E-state index in [0.717, 1.165) is 54.6 Å². The molecule has 10 nitrogen and oxygen atoms in total. The van der Waals surface area contributed by atoms with Crippen molar-refractivity contribution in [1.29, 1.82) is 0 Å². The fraction of sp³-hybridized carbons (Fsp3) is 0.667. The van der Waals surface area contributed by atoms with E-state index in [1.807, 2.05) is 25.7 Å². The topological polar surface area (TPSA) is 106 Å². The highest BCUT2D eigenvalue weighted by Crippen LogP contribution is 2.57. The molecule has 3 atom stereocenters. The molecule has 3 unspecified atom stereocenters. The number of hydrogen-bond acceptors (Lipinski definition) is 9. The lowest BCUT2D eigenvalue weighted by Crippen LogP contribution is -2.57. The van der Waals surface area contributed by atoms with Gasteiger partial charge in [-0.25, -0.2) is 4.79 Å². The zero-order valence-corrected chi connectivity index (χ0v) is 23.5. The molecule has 204 valence electrons. The molecule has 1 aliphatic carbocycles. The number of carbonyl (C=O) groups excluding carboxylic acids is 1. The van der Waals surface area contributed by atoms with Crippen molar-refractivity contribution in [2.75, 3.05) is 31.3 Å². The third-order valence-corrected chi connectivity index (χ3v) is 9.03. The predicted octanol–water partition coefficient (Wildman–Crippen LogP) is 4.49. The molecule has 11 heteroatoms. The molecule has 5 heterocycles. The minimum Gasteiger partial charge on any atom is -0.505 e. The van der Waals surface area contributed by atoms with Gasteiger partial charge in [0.25, 0.3) is 0 Å². The van der Waals surface area contributed by atoms with Crippen LogP contribution in [0.5, 0.6) is 17.5 Å². The number of aromatic hydroxyl groups is 1. The molecule has 3 saturated heterocycles. The minimum absolute atomic E-state index is 0.0419. The second-order valence-corrected chi connectivity index (χ2v) is 12.8. The van der Waals surface area contributed by atoms with Gasteiger partial charge in [0.2, 0.25) is 0 Å². The molecule has 1 amide bonds. The summed E-state index contributed by atoms with van der Waals surface area (Å²) in [5, 5.41) is 12.1. The SMILES string of the molecule is CC(C)(C)OC(=O)N1CC2CC1C1COc3c(C4CC4)c(Br)c(O)c4nc(OC5CCOCC5)nc(c34)N21. The third-order valence-electron chi connectivity index (χ3n) is 8.22. The second-order valence-electron chi connectivity index (χ2n) is 12.0. The first-order valence-electron chi connectivity index (χ1n) is 13.6. The Morgan fingerprint density at radius 2 is 1.89 bits per heavy atom. The Kier molecular flexibility index (Phi) is 5.64. The summed E-state index contributed by atoms with van der Waals surface area (Å²) in [6.07, 6.45) is 4.11. The highest BCUT2D eigenvalue weighted by molar-refractivity contribution is 9.10. The normalized spacial score (nSPS) is 26.8. The zero-order chi connectivity index (χ0) is 26.3. The van der Waals surface area contributed by atoms with Gasteiger partial charge in [0.1, 0.15) is 35.4 Å². The van der Waals surface area contributed by atoms with E-state index in [4.69, 9.17) is 28.9 Å². The first-order chi connectivity index (χ1) is 18.2. The van der Waals surface area contributed by atoms with Crippen LogP contribution in [0.3, 0.4) is 0 Å². The van der Waals surface area contributed by atoms with Gasteiger partial charge in [0, 0.05) is 24.9 Å². The van der Waals surface area contributed by atoms with Crippen molar-refractivity contribution in [2.24, 2.45) is 0 Å². The quantitative estimate of drug-likeness (QED) is 0.554. The van der Waals surface area contributed by atoms with Crippen molar-refractivity contribution in [1.82, 2.24) is 14.9 Å². The highest BCUT2D eigenvalue weighted by Gasteiger charge is 2.55. The van der Waals surface area contributed by atoms with E-state index in [1.165, 1.54) is 0 Å². The van der Waals surface area contributed by atoms with Gasteiger partial charge in [0.15, 0.2) is 5.75 Å². The number of ether oxygens (including phenoxy) is 4. The lowest BCUT2D eigenvalue weighted by atomic mass is 10.0. The Balaban J connectivity index is 1.33. The van der Waals surface area contributed by atoms with Crippen molar-refractivity contribution in [3.8, 4) is 17.5 Å². The van der Waals surface area contributed by atoms with Crippen LogP contribution < -0.4 is 14.4 Å². The van der Waals surface area contributed by atoms with Crippen LogP contribution in [0, 0.1) is 0 Å². The highest BCUT2D eigenvalue weighted by atomic mass is 79.9. The molecule has 2 bridgehead atoms. The van der Waals surface area contributed by atoms with E-state index >= 15 is 0 Å². The summed E-state index contributed by atoms with van der Waals surface area (Å²) in [4.78, 5) is 26.9. The van der Waals surface area contributed by atoms with Gasteiger partial charge in [0.05, 0.1) is 41.2 Å². The number of phenols is 1. The fourth-order valence-corrected chi connectivity index (χ4v) is 7.12. The minimum atomic E-state index is -0.563. The number of aromatic nitrogens is 2. The van der Waals surface area contributed by atoms with Crippen LogP contribution in [-0.2, 0) is 9.47 Å². The Morgan fingerprint density at radius 3 is 2.61 bits per heavy atom. The first kappa shape index (κ1) is 24.5. The number of anilines is 1. The van der Waals surface area contributed by atoms with Crippen LogP contribution >= 0.6 is 15.9 Å². The zero-order valence-electron chi connectivity index (χ0n) is 21.9. The van der Waals surface area contributed by atoms with Gasteiger partial charge in [-0.1, -0.05) is 0 Å². The van der Waals surface area contributed by atoms with Gasteiger partial charge in [-0.2, -0.15) is 9.97 Å². The molecule has 38 heavy (non-hydrogen) atoms. The molecule has 1 aromatic heterocycles. The number of carbonyl (C=O) groups is 1. The molecule has 1 aromatic carbocycles. The summed E-state index contributed by atoms with van der Waals surface area (Å²) in [7, 11) is 0. The van der Waals surface area contributed by atoms with Gasteiger partial charge >= 0.3 is 12.1 Å². The number of nitrogens with zero attached hydrogens (tertiary/aromatic N) is 4. The van der Waals surface area contributed by atoms with E-state index in [9.17, 15) is 9.90 Å². The third kappa shape index (κ3) is 3.95.